The molecule has 1 aliphatic rings. The van der Waals surface area contributed by atoms with Crippen molar-refractivity contribution in [2.24, 2.45) is 5.41 Å². The molecule has 20 heavy (non-hydrogen) atoms. The first kappa shape index (κ1) is 15.3. The zero-order valence-corrected chi connectivity index (χ0v) is 12.4. The van der Waals surface area contributed by atoms with E-state index in [0.29, 0.717) is 13.0 Å². The minimum Gasteiger partial charge on any atom is -0.326 e. The minimum atomic E-state index is -4.46. The molecule has 1 fully saturated rings. The molecule has 2 N–H and O–H groups in total. The van der Waals surface area contributed by atoms with E-state index < -0.39 is 17.2 Å². The molecule has 0 bridgehead atoms. The van der Waals surface area contributed by atoms with Crippen LogP contribution in [0.5, 0.6) is 0 Å². The number of hydrogen-bond acceptors (Lipinski definition) is 2. The number of hydrogen-bond donors (Lipinski definition) is 2. The lowest BCUT2D eigenvalue weighted by atomic mass is 9.88. The van der Waals surface area contributed by atoms with Gasteiger partial charge in [0, 0.05) is 16.7 Å². The molecule has 1 aliphatic heterocycles. The fourth-order valence-corrected chi connectivity index (χ4v) is 2.58. The van der Waals surface area contributed by atoms with Crippen molar-refractivity contribution in [2.75, 3.05) is 18.4 Å². The fourth-order valence-electron chi connectivity index (χ4n) is 2.11. The highest BCUT2D eigenvalue weighted by Gasteiger charge is 2.37. The topological polar surface area (TPSA) is 41.1 Å². The van der Waals surface area contributed by atoms with Crippen LogP contribution in [0.3, 0.4) is 0 Å². The van der Waals surface area contributed by atoms with Crippen LogP contribution in [0.2, 0.25) is 0 Å². The first-order valence-electron chi connectivity index (χ1n) is 6.11. The summed E-state index contributed by atoms with van der Waals surface area (Å²) in [6.45, 7) is 3.06. The van der Waals surface area contributed by atoms with Crippen LogP contribution in [-0.4, -0.2) is 19.0 Å². The molecule has 3 nitrogen and oxygen atoms in total. The van der Waals surface area contributed by atoms with E-state index in [2.05, 4.69) is 26.6 Å². The molecule has 2 rings (SSSR count). The highest BCUT2D eigenvalue weighted by Crippen LogP contribution is 2.36. The largest absolute Gasteiger partial charge is 0.417 e. The summed E-state index contributed by atoms with van der Waals surface area (Å²) < 4.78 is 38.3. The molecule has 0 aromatic heterocycles. The summed E-state index contributed by atoms with van der Waals surface area (Å²) in [7, 11) is 0. The van der Waals surface area contributed by atoms with Crippen molar-refractivity contribution in [3.05, 3.63) is 28.2 Å². The fraction of sp³-hybridized carbons (Fsp3) is 0.462. The number of amides is 1. The third-order valence-electron chi connectivity index (χ3n) is 3.45. The molecule has 1 aromatic rings. The molecule has 0 saturated carbocycles. The van der Waals surface area contributed by atoms with Gasteiger partial charge >= 0.3 is 6.18 Å². The van der Waals surface area contributed by atoms with Gasteiger partial charge < -0.3 is 10.6 Å². The van der Waals surface area contributed by atoms with Gasteiger partial charge in [-0.05, 0) is 38.1 Å². The highest BCUT2D eigenvalue weighted by molar-refractivity contribution is 9.10. The van der Waals surface area contributed by atoms with Crippen molar-refractivity contribution < 1.29 is 18.0 Å². The lowest BCUT2D eigenvalue weighted by Crippen LogP contribution is -2.35. The Hall–Kier alpha value is -1.08. The smallest absolute Gasteiger partial charge is 0.326 e. The summed E-state index contributed by atoms with van der Waals surface area (Å²) in [6.07, 6.45) is -3.79. The van der Waals surface area contributed by atoms with E-state index >= 15 is 0 Å². The average molecular weight is 351 g/mol. The number of rotatable bonds is 2. The number of carbonyl (C=O) groups excluding carboxylic acids is 1. The molecule has 1 aromatic carbocycles. The molecule has 0 aliphatic carbocycles. The Bertz CT molecular complexity index is 525. The minimum absolute atomic E-state index is 0.0447. The Morgan fingerprint density at radius 1 is 1.45 bits per heavy atom. The van der Waals surface area contributed by atoms with E-state index in [1.165, 1.54) is 12.1 Å². The average Bonchev–Trinajstić information content (AvgIpc) is 2.78. The maximum absolute atomic E-state index is 12.8. The van der Waals surface area contributed by atoms with Crippen molar-refractivity contribution in [1.29, 1.82) is 0 Å². The highest BCUT2D eigenvalue weighted by atomic mass is 79.9. The lowest BCUT2D eigenvalue weighted by Gasteiger charge is -2.22. The standard InChI is InChI=1S/C13H14BrF3N2O/c1-12(4-5-18-7-12)11(20)19-8-2-3-10(14)9(6-8)13(15,16)17/h2-3,6,18H,4-5,7H2,1H3,(H,19,20). The van der Waals surface area contributed by atoms with Crippen LogP contribution in [0.15, 0.2) is 22.7 Å². The number of carbonyl (C=O) groups is 1. The van der Waals surface area contributed by atoms with Crippen LogP contribution < -0.4 is 10.6 Å². The Labute approximate surface area is 123 Å². The zero-order valence-electron chi connectivity index (χ0n) is 10.8. The number of halogens is 4. The van der Waals surface area contributed by atoms with Crippen LogP contribution in [-0.2, 0) is 11.0 Å². The summed E-state index contributed by atoms with van der Waals surface area (Å²) in [5.41, 5.74) is -1.23. The van der Waals surface area contributed by atoms with Crippen molar-refractivity contribution >= 4 is 27.5 Å². The summed E-state index contributed by atoms with van der Waals surface area (Å²) in [5, 5.41) is 5.64. The van der Waals surface area contributed by atoms with Crippen molar-refractivity contribution in [3.63, 3.8) is 0 Å². The van der Waals surface area contributed by atoms with E-state index in [4.69, 9.17) is 0 Å². The first-order chi connectivity index (χ1) is 9.22. The molecular weight excluding hydrogens is 337 g/mol. The maximum Gasteiger partial charge on any atom is 0.417 e. The van der Waals surface area contributed by atoms with E-state index in [1.807, 2.05) is 0 Å². The second kappa shape index (κ2) is 5.37. The molecule has 0 spiro atoms. The van der Waals surface area contributed by atoms with Gasteiger partial charge in [0.15, 0.2) is 0 Å². The van der Waals surface area contributed by atoms with Crippen molar-refractivity contribution in [1.82, 2.24) is 5.32 Å². The molecule has 1 amide bonds. The van der Waals surface area contributed by atoms with Crippen molar-refractivity contribution in [3.8, 4) is 0 Å². The second-order valence-electron chi connectivity index (χ2n) is 5.13. The number of benzene rings is 1. The number of nitrogens with one attached hydrogen (secondary N) is 2. The predicted octanol–water partition coefficient (Wildman–Crippen LogP) is 3.41. The molecule has 1 unspecified atom stereocenters. The molecule has 0 radical (unpaired) electrons. The lowest BCUT2D eigenvalue weighted by molar-refractivity contribution is -0.138. The van der Waals surface area contributed by atoms with E-state index in [1.54, 1.807) is 6.92 Å². The SMILES string of the molecule is CC1(C(=O)Nc2ccc(Br)c(C(F)(F)F)c2)CCNC1. The molecule has 110 valence electrons. The Kier molecular flexibility index (Phi) is 4.11. The second-order valence-corrected chi connectivity index (χ2v) is 5.99. The molecule has 7 heteroatoms. The number of alkyl halides is 3. The summed E-state index contributed by atoms with van der Waals surface area (Å²) in [4.78, 5) is 12.1. The third-order valence-corrected chi connectivity index (χ3v) is 4.14. The molecule has 1 saturated heterocycles. The molecule has 1 heterocycles. The summed E-state index contributed by atoms with van der Waals surface area (Å²) >= 11 is 2.87. The monoisotopic (exact) mass is 350 g/mol. The Morgan fingerprint density at radius 2 is 2.15 bits per heavy atom. The van der Waals surface area contributed by atoms with Gasteiger partial charge in [0.05, 0.1) is 11.0 Å². The van der Waals surface area contributed by atoms with Gasteiger partial charge in [-0.15, -0.1) is 0 Å². The van der Waals surface area contributed by atoms with Crippen LogP contribution in [0.25, 0.3) is 0 Å². The van der Waals surface area contributed by atoms with E-state index in [0.717, 1.165) is 12.6 Å². The first-order valence-corrected chi connectivity index (χ1v) is 6.91. The van der Waals surface area contributed by atoms with Gasteiger partial charge in [0.1, 0.15) is 0 Å². The third kappa shape index (κ3) is 3.15. The van der Waals surface area contributed by atoms with Crippen LogP contribution in [0, 0.1) is 5.41 Å². The summed E-state index contributed by atoms with van der Waals surface area (Å²) in [6, 6.07) is 3.67. The number of anilines is 1. The molecule has 1 atom stereocenters. The zero-order chi connectivity index (χ0) is 15.0. The quantitative estimate of drug-likeness (QED) is 0.858. The van der Waals surface area contributed by atoms with Gasteiger partial charge in [-0.2, -0.15) is 13.2 Å². The Morgan fingerprint density at radius 3 is 2.70 bits per heavy atom. The van der Waals surface area contributed by atoms with Crippen LogP contribution in [0.4, 0.5) is 18.9 Å². The summed E-state index contributed by atoms with van der Waals surface area (Å²) in [5.74, 6) is -0.266. The van der Waals surface area contributed by atoms with E-state index in [9.17, 15) is 18.0 Å². The Balaban J connectivity index is 2.20. The van der Waals surface area contributed by atoms with Gasteiger partial charge in [0.2, 0.25) is 5.91 Å². The van der Waals surface area contributed by atoms with Gasteiger partial charge in [-0.3, -0.25) is 4.79 Å². The van der Waals surface area contributed by atoms with Gasteiger partial charge in [-0.1, -0.05) is 15.9 Å². The van der Waals surface area contributed by atoms with Crippen LogP contribution >= 0.6 is 15.9 Å². The van der Waals surface area contributed by atoms with Crippen molar-refractivity contribution in [2.45, 2.75) is 19.5 Å². The molecular formula is C13H14BrF3N2O. The predicted molar refractivity (Wildman–Crippen MR) is 73.4 cm³/mol. The maximum atomic E-state index is 12.8. The van der Waals surface area contributed by atoms with Gasteiger partial charge in [-0.25, -0.2) is 0 Å². The van der Waals surface area contributed by atoms with Gasteiger partial charge in [0.25, 0.3) is 0 Å². The van der Waals surface area contributed by atoms with Crippen LogP contribution in [0.1, 0.15) is 18.9 Å². The van der Waals surface area contributed by atoms with E-state index in [-0.39, 0.29) is 16.1 Å². The normalized spacial score (nSPS) is 22.9.